The Labute approximate surface area is 189 Å². The highest BCUT2D eigenvalue weighted by Gasteiger charge is 2.13. The summed E-state index contributed by atoms with van der Waals surface area (Å²) < 4.78 is 11.4. The zero-order valence-electron chi connectivity index (χ0n) is 17.6. The van der Waals surface area contributed by atoms with E-state index < -0.39 is 0 Å². The maximum Gasteiger partial charge on any atom is 0.262 e. The molecule has 2 aromatic heterocycles. The molecule has 0 bridgehead atoms. The molecule has 5 rings (SSSR count). The Morgan fingerprint density at radius 3 is 2.69 bits per heavy atom. The van der Waals surface area contributed by atoms with E-state index in [9.17, 15) is 4.79 Å². The fourth-order valence-corrected chi connectivity index (χ4v) is 4.07. The van der Waals surface area contributed by atoms with Crippen LogP contribution in [0.15, 0.2) is 64.4 Å². The molecule has 0 radical (unpaired) electrons. The molecule has 1 aliphatic rings. The van der Waals surface area contributed by atoms with Gasteiger partial charge in [-0.15, -0.1) is 11.8 Å². The average Bonchev–Trinajstić information content (AvgIpc) is 3.07. The number of benzene rings is 2. The third-order valence-electron chi connectivity index (χ3n) is 5.28. The molecule has 0 saturated heterocycles. The van der Waals surface area contributed by atoms with E-state index in [1.165, 1.54) is 4.90 Å². The number of ether oxygens (including phenoxy) is 2. The van der Waals surface area contributed by atoms with Gasteiger partial charge >= 0.3 is 0 Å². The van der Waals surface area contributed by atoms with Crippen molar-refractivity contribution < 1.29 is 9.47 Å². The largest absolute Gasteiger partial charge is 0.490 e. The highest BCUT2D eigenvalue weighted by atomic mass is 32.2. The van der Waals surface area contributed by atoms with Gasteiger partial charge in [0.05, 0.1) is 18.6 Å². The summed E-state index contributed by atoms with van der Waals surface area (Å²) in [6, 6.07) is 15.8. The predicted octanol–water partition coefficient (Wildman–Crippen LogP) is 4.48. The maximum atomic E-state index is 12.9. The molecule has 0 atom stereocenters. The van der Waals surface area contributed by atoms with Gasteiger partial charge in [-0.3, -0.25) is 9.78 Å². The molecule has 2 N–H and O–H groups in total. The van der Waals surface area contributed by atoms with Gasteiger partial charge in [0.2, 0.25) is 5.95 Å². The Hall–Kier alpha value is -3.52. The molecule has 3 heterocycles. The van der Waals surface area contributed by atoms with Gasteiger partial charge in [0.1, 0.15) is 0 Å². The van der Waals surface area contributed by atoms with E-state index in [1.54, 1.807) is 18.0 Å². The van der Waals surface area contributed by atoms with E-state index in [0.29, 0.717) is 36.7 Å². The third-order valence-corrected chi connectivity index (χ3v) is 6.02. The average molecular weight is 447 g/mol. The molecule has 0 saturated carbocycles. The standard InChI is InChI=1S/C24H22N4O3S/c1-32-17-6-4-16(5-7-17)18-9-10-25-22-21(18)23(29)28-24(27-22)26-14-15-3-8-19-20(13-15)31-12-2-11-30-19/h3-10,13H,2,11-12,14H2,1H3,(H2,25,26,27,28,29). The highest BCUT2D eigenvalue weighted by Crippen LogP contribution is 2.31. The Balaban J connectivity index is 1.41. The smallest absolute Gasteiger partial charge is 0.262 e. The van der Waals surface area contributed by atoms with Gasteiger partial charge in [0, 0.05) is 24.1 Å². The zero-order chi connectivity index (χ0) is 21.9. The lowest BCUT2D eigenvalue weighted by molar-refractivity contribution is 0.297. The molecule has 2 aromatic carbocycles. The van der Waals surface area contributed by atoms with Crippen molar-refractivity contribution >= 4 is 28.7 Å². The van der Waals surface area contributed by atoms with Crippen molar-refractivity contribution in [3.63, 3.8) is 0 Å². The fraction of sp³-hybridized carbons (Fsp3) is 0.208. The minimum absolute atomic E-state index is 0.229. The topological polar surface area (TPSA) is 89.1 Å². The van der Waals surface area contributed by atoms with Crippen LogP contribution < -0.4 is 20.3 Å². The monoisotopic (exact) mass is 446 g/mol. The first-order chi connectivity index (χ1) is 15.7. The Kier molecular flexibility index (Phi) is 5.68. The molecule has 32 heavy (non-hydrogen) atoms. The van der Waals surface area contributed by atoms with E-state index >= 15 is 0 Å². The summed E-state index contributed by atoms with van der Waals surface area (Å²) in [5.41, 5.74) is 2.93. The summed E-state index contributed by atoms with van der Waals surface area (Å²) in [6.45, 7) is 1.77. The maximum absolute atomic E-state index is 12.9. The van der Waals surface area contributed by atoms with Gasteiger partial charge in [-0.25, -0.2) is 4.98 Å². The van der Waals surface area contributed by atoms with E-state index in [-0.39, 0.29) is 5.56 Å². The van der Waals surface area contributed by atoms with Crippen LogP contribution in [0.1, 0.15) is 12.0 Å². The van der Waals surface area contributed by atoms with Crippen molar-refractivity contribution in [1.29, 1.82) is 0 Å². The number of anilines is 1. The highest BCUT2D eigenvalue weighted by molar-refractivity contribution is 7.98. The van der Waals surface area contributed by atoms with Gasteiger partial charge in [0.25, 0.3) is 5.56 Å². The van der Waals surface area contributed by atoms with Gasteiger partial charge in [-0.1, -0.05) is 18.2 Å². The van der Waals surface area contributed by atoms with Crippen molar-refractivity contribution in [1.82, 2.24) is 15.0 Å². The number of pyridine rings is 1. The minimum atomic E-state index is -0.229. The van der Waals surface area contributed by atoms with Gasteiger partial charge < -0.3 is 14.8 Å². The lowest BCUT2D eigenvalue weighted by Crippen LogP contribution is -2.14. The van der Waals surface area contributed by atoms with E-state index in [4.69, 9.17) is 9.47 Å². The molecule has 0 spiro atoms. The first kappa shape index (κ1) is 20.4. The summed E-state index contributed by atoms with van der Waals surface area (Å²) in [6.07, 6.45) is 4.58. The van der Waals surface area contributed by atoms with Crippen LogP contribution in [0.4, 0.5) is 5.95 Å². The number of fused-ring (bicyclic) bond motifs is 2. The normalized spacial score (nSPS) is 13.0. The number of aromatic amines is 1. The molecule has 8 heteroatoms. The quantitative estimate of drug-likeness (QED) is 0.437. The number of nitrogens with zero attached hydrogens (tertiary/aromatic N) is 2. The van der Waals surface area contributed by atoms with Crippen molar-refractivity contribution in [3.05, 3.63) is 70.6 Å². The van der Waals surface area contributed by atoms with Crippen LogP contribution in [0.2, 0.25) is 0 Å². The molecule has 4 aromatic rings. The van der Waals surface area contributed by atoms with E-state index in [1.807, 2.05) is 54.8 Å². The molecular formula is C24H22N4O3S. The first-order valence-electron chi connectivity index (χ1n) is 10.4. The summed E-state index contributed by atoms with van der Waals surface area (Å²) in [4.78, 5) is 25.8. The number of rotatable bonds is 5. The molecule has 1 aliphatic heterocycles. The van der Waals surface area contributed by atoms with Crippen LogP contribution >= 0.6 is 11.8 Å². The Bertz CT molecular complexity index is 1320. The Morgan fingerprint density at radius 2 is 1.88 bits per heavy atom. The Morgan fingerprint density at radius 1 is 1.06 bits per heavy atom. The van der Waals surface area contributed by atoms with Crippen LogP contribution in [-0.2, 0) is 6.54 Å². The molecule has 0 unspecified atom stereocenters. The second-order valence-corrected chi connectivity index (χ2v) is 8.26. The second-order valence-electron chi connectivity index (χ2n) is 7.39. The summed E-state index contributed by atoms with van der Waals surface area (Å²) in [5.74, 6) is 1.86. The van der Waals surface area contributed by atoms with Gasteiger partial charge in [-0.05, 0) is 53.3 Å². The van der Waals surface area contributed by atoms with Crippen molar-refractivity contribution in [3.8, 4) is 22.6 Å². The molecular weight excluding hydrogens is 424 g/mol. The van der Waals surface area contributed by atoms with Crippen LogP contribution in [0.3, 0.4) is 0 Å². The van der Waals surface area contributed by atoms with E-state index in [2.05, 4.69) is 20.3 Å². The lowest BCUT2D eigenvalue weighted by atomic mass is 10.0. The molecule has 162 valence electrons. The van der Waals surface area contributed by atoms with Crippen LogP contribution in [0, 0.1) is 0 Å². The molecule has 0 aliphatic carbocycles. The third kappa shape index (κ3) is 4.13. The summed E-state index contributed by atoms with van der Waals surface area (Å²) >= 11 is 1.68. The number of nitrogens with one attached hydrogen (secondary N) is 2. The van der Waals surface area contributed by atoms with E-state index in [0.717, 1.165) is 34.6 Å². The zero-order valence-corrected chi connectivity index (χ0v) is 18.4. The first-order valence-corrected chi connectivity index (χ1v) is 11.6. The molecule has 7 nitrogen and oxygen atoms in total. The number of hydrogen-bond donors (Lipinski definition) is 2. The number of hydrogen-bond acceptors (Lipinski definition) is 7. The van der Waals surface area contributed by atoms with Crippen LogP contribution in [-0.4, -0.2) is 34.4 Å². The fourth-order valence-electron chi connectivity index (χ4n) is 3.66. The summed E-state index contributed by atoms with van der Waals surface area (Å²) in [5, 5.41) is 3.66. The lowest BCUT2D eigenvalue weighted by Gasteiger charge is -2.11. The molecule has 0 fully saturated rings. The SMILES string of the molecule is CSc1ccc(-c2ccnc3nc(NCc4ccc5c(c4)OCCCO5)[nH]c(=O)c23)cc1. The number of aromatic nitrogens is 3. The number of H-pyrrole nitrogens is 1. The van der Waals surface area contributed by atoms with Gasteiger partial charge in [0.15, 0.2) is 17.1 Å². The van der Waals surface area contributed by atoms with Crippen molar-refractivity contribution in [2.75, 3.05) is 24.8 Å². The van der Waals surface area contributed by atoms with Crippen molar-refractivity contribution in [2.45, 2.75) is 17.9 Å². The predicted molar refractivity (Wildman–Crippen MR) is 127 cm³/mol. The summed E-state index contributed by atoms with van der Waals surface area (Å²) in [7, 11) is 0. The number of thioether (sulfide) groups is 1. The van der Waals surface area contributed by atoms with Crippen LogP contribution in [0.25, 0.3) is 22.2 Å². The van der Waals surface area contributed by atoms with Gasteiger partial charge in [-0.2, -0.15) is 4.98 Å². The second kappa shape index (κ2) is 8.92. The van der Waals surface area contributed by atoms with Crippen LogP contribution in [0.5, 0.6) is 11.5 Å². The molecule has 0 amide bonds. The van der Waals surface area contributed by atoms with Crippen molar-refractivity contribution in [2.24, 2.45) is 0 Å². The minimum Gasteiger partial charge on any atom is -0.490 e.